The second-order valence-electron chi connectivity index (χ2n) is 4.27. The molecule has 1 saturated heterocycles. The Morgan fingerprint density at radius 1 is 1.24 bits per heavy atom. The molecule has 1 aliphatic rings. The van der Waals surface area contributed by atoms with Gasteiger partial charge in [0.2, 0.25) is 5.91 Å². The Morgan fingerprint density at radius 2 is 1.88 bits per heavy atom. The van der Waals surface area contributed by atoms with E-state index in [1.54, 1.807) is 24.3 Å². The van der Waals surface area contributed by atoms with E-state index < -0.39 is 0 Å². The minimum Gasteiger partial charge on any atom is -0.325 e. The molecule has 0 saturated carbocycles. The normalized spacial score (nSPS) is 15.8. The summed E-state index contributed by atoms with van der Waals surface area (Å²) < 4.78 is 0. The van der Waals surface area contributed by atoms with E-state index >= 15 is 0 Å². The first-order valence-electron chi connectivity index (χ1n) is 5.85. The van der Waals surface area contributed by atoms with Crippen molar-refractivity contribution in [2.24, 2.45) is 0 Å². The summed E-state index contributed by atoms with van der Waals surface area (Å²) >= 11 is 0. The molecule has 4 heteroatoms. The van der Waals surface area contributed by atoms with Gasteiger partial charge in [-0.15, -0.1) is 0 Å². The second kappa shape index (κ2) is 5.59. The quantitative estimate of drug-likeness (QED) is 0.801. The van der Waals surface area contributed by atoms with E-state index in [9.17, 15) is 9.59 Å². The van der Waals surface area contributed by atoms with Crippen LogP contribution < -0.4 is 5.32 Å². The van der Waals surface area contributed by atoms with E-state index in [0.717, 1.165) is 25.1 Å². The Balaban J connectivity index is 1.86. The number of carbonyl (C=O) groups is 2. The van der Waals surface area contributed by atoms with Crippen LogP contribution in [-0.2, 0) is 4.79 Å². The Bertz CT molecular complexity index is 394. The summed E-state index contributed by atoms with van der Waals surface area (Å²) in [7, 11) is 0. The lowest BCUT2D eigenvalue weighted by Crippen LogP contribution is -2.30. The Morgan fingerprint density at radius 3 is 2.47 bits per heavy atom. The number of likely N-dealkylation sites (tertiary alicyclic amines) is 1. The molecule has 1 aromatic rings. The molecule has 0 aromatic heterocycles. The van der Waals surface area contributed by atoms with Crippen molar-refractivity contribution in [3.63, 3.8) is 0 Å². The molecule has 1 fully saturated rings. The molecule has 0 atom stereocenters. The number of hydrogen-bond acceptors (Lipinski definition) is 3. The van der Waals surface area contributed by atoms with E-state index in [0.29, 0.717) is 12.1 Å². The van der Waals surface area contributed by atoms with Gasteiger partial charge in [0, 0.05) is 11.3 Å². The fourth-order valence-corrected chi connectivity index (χ4v) is 1.99. The maximum Gasteiger partial charge on any atom is 0.238 e. The number of anilines is 1. The molecule has 0 spiro atoms. The highest BCUT2D eigenvalue weighted by molar-refractivity contribution is 5.92. The van der Waals surface area contributed by atoms with Gasteiger partial charge < -0.3 is 5.32 Å². The molecule has 1 heterocycles. The third-order valence-corrected chi connectivity index (χ3v) is 2.90. The van der Waals surface area contributed by atoms with Crippen molar-refractivity contribution in [1.29, 1.82) is 0 Å². The van der Waals surface area contributed by atoms with Crippen molar-refractivity contribution >= 4 is 17.9 Å². The van der Waals surface area contributed by atoms with Gasteiger partial charge in [-0.25, -0.2) is 0 Å². The first kappa shape index (κ1) is 11.8. The fourth-order valence-electron chi connectivity index (χ4n) is 1.99. The Hall–Kier alpha value is -1.68. The van der Waals surface area contributed by atoms with Crippen LogP contribution >= 0.6 is 0 Å². The maximum atomic E-state index is 11.7. The van der Waals surface area contributed by atoms with Gasteiger partial charge in [-0.2, -0.15) is 0 Å². The van der Waals surface area contributed by atoms with Crippen LogP contribution in [0.2, 0.25) is 0 Å². The highest BCUT2D eigenvalue weighted by atomic mass is 16.2. The number of hydrogen-bond donors (Lipinski definition) is 1. The average Bonchev–Trinajstić information content (AvgIpc) is 2.82. The summed E-state index contributed by atoms with van der Waals surface area (Å²) in [6, 6.07) is 6.87. The molecule has 1 aliphatic heterocycles. The number of carbonyl (C=O) groups excluding carboxylic acids is 2. The summed E-state index contributed by atoms with van der Waals surface area (Å²) in [5.41, 5.74) is 1.35. The molecule has 0 radical (unpaired) electrons. The summed E-state index contributed by atoms with van der Waals surface area (Å²) in [5, 5.41) is 2.82. The van der Waals surface area contributed by atoms with Gasteiger partial charge in [-0.1, -0.05) is 0 Å². The minimum absolute atomic E-state index is 0.00533. The zero-order valence-electron chi connectivity index (χ0n) is 9.69. The lowest BCUT2D eigenvalue weighted by Gasteiger charge is -2.14. The van der Waals surface area contributed by atoms with Gasteiger partial charge in [0.15, 0.2) is 0 Å². The van der Waals surface area contributed by atoms with Gasteiger partial charge in [-0.3, -0.25) is 14.5 Å². The average molecular weight is 232 g/mol. The minimum atomic E-state index is 0.00533. The standard InChI is InChI=1S/C13H16N2O2/c16-10-11-3-5-12(6-4-11)14-13(17)9-15-7-1-2-8-15/h3-6,10H,1-2,7-9H2,(H,14,17). The molecule has 90 valence electrons. The van der Waals surface area contributed by atoms with Gasteiger partial charge in [-0.05, 0) is 50.2 Å². The van der Waals surface area contributed by atoms with Crippen molar-refractivity contribution in [2.75, 3.05) is 25.0 Å². The van der Waals surface area contributed by atoms with E-state index in [1.807, 2.05) is 0 Å². The molecule has 0 unspecified atom stereocenters. The van der Waals surface area contributed by atoms with Crippen molar-refractivity contribution < 1.29 is 9.59 Å². The molecular formula is C13H16N2O2. The van der Waals surface area contributed by atoms with Crippen LogP contribution in [0.1, 0.15) is 23.2 Å². The molecule has 0 aliphatic carbocycles. The maximum absolute atomic E-state index is 11.7. The van der Waals surface area contributed by atoms with Gasteiger partial charge >= 0.3 is 0 Å². The highest BCUT2D eigenvalue weighted by Crippen LogP contribution is 2.10. The number of rotatable bonds is 4. The first-order valence-corrected chi connectivity index (χ1v) is 5.85. The molecule has 17 heavy (non-hydrogen) atoms. The number of aldehydes is 1. The van der Waals surface area contributed by atoms with Crippen molar-refractivity contribution in [3.05, 3.63) is 29.8 Å². The zero-order valence-corrected chi connectivity index (χ0v) is 9.69. The zero-order chi connectivity index (χ0) is 12.1. The molecular weight excluding hydrogens is 216 g/mol. The first-order chi connectivity index (χ1) is 8.28. The topological polar surface area (TPSA) is 49.4 Å². The van der Waals surface area contributed by atoms with Crippen LogP contribution in [0.4, 0.5) is 5.69 Å². The number of nitrogens with zero attached hydrogens (tertiary/aromatic N) is 1. The molecule has 4 nitrogen and oxygen atoms in total. The van der Waals surface area contributed by atoms with Gasteiger partial charge in [0.05, 0.1) is 6.54 Å². The number of amides is 1. The molecule has 1 amide bonds. The molecule has 2 rings (SSSR count). The number of benzene rings is 1. The van der Waals surface area contributed by atoms with E-state index in [4.69, 9.17) is 0 Å². The summed E-state index contributed by atoms with van der Waals surface area (Å²) in [6.07, 6.45) is 3.15. The SMILES string of the molecule is O=Cc1ccc(NC(=O)CN2CCCC2)cc1. The van der Waals surface area contributed by atoms with E-state index in [1.165, 1.54) is 12.8 Å². The van der Waals surface area contributed by atoms with E-state index in [2.05, 4.69) is 10.2 Å². The number of nitrogens with one attached hydrogen (secondary N) is 1. The third kappa shape index (κ3) is 3.39. The van der Waals surface area contributed by atoms with Gasteiger partial charge in [0.1, 0.15) is 6.29 Å². The van der Waals surface area contributed by atoms with Crippen LogP contribution in [0.3, 0.4) is 0 Å². The fraction of sp³-hybridized carbons (Fsp3) is 0.385. The molecule has 1 aromatic carbocycles. The predicted molar refractivity (Wildman–Crippen MR) is 66.1 cm³/mol. The smallest absolute Gasteiger partial charge is 0.238 e. The van der Waals surface area contributed by atoms with Crippen molar-refractivity contribution in [2.45, 2.75) is 12.8 Å². The predicted octanol–water partition coefficient (Wildman–Crippen LogP) is 1.53. The van der Waals surface area contributed by atoms with E-state index in [-0.39, 0.29) is 5.91 Å². The molecule has 0 bridgehead atoms. The monoisotopic (exact) mass is 232 g/mol. The highest BCUT2D eigenvalue weighted by Gasteiger charge is 2.14. The van der Waals surface area contributed by atoms with Crippen LogP contribution in [-0.4, -0.2) is 36.7 Å². The van der Waals surface area contributed by atoms with Crippen LogP contribution in [0, 0.1) is 0 Å². The summed E-state index contributed by atoms with van der Waals surface area (Å²) in [4.78, 5) is 24.3. The van der Waals surface area contributed by atoms with Crippen LogP contribution in [0.5, 0.6) is 0 Å². The van der Waals surface area contributed by atoms with Crippen LogP contribution in [0.15, 0.2) is 24.3 Å². The summed E-state index contributed by atoms with van der Waals surface area (Å²) in [6.45, 7) is 2.48. The lowest BCUT2D eigenvalue weighted by molar-refractivity contribution is -0.117. The second-order valence-corrected chi connectivity index (χ2v) is 4.27. The van der Waals surface area contributed by atoms with Gasteiger partial charge in [0.25, 0.3) is 0 Å². The molecule has 1 N–H and O–H groups in total. The summed E-state index contributed by atoms with van der Waals surface area (Å²) in [5.74, 6) is 0.00533. The largest absolute Gasteiger partial charge is 0.325 e. The van der Waals surface area contributed by atoms with Crippen molar-refractivity contribution in [3.8, 4) is 0 Å². The lowest BCUT2D eigenvalue weighted by atomic mass is 10.2. The van der Waals surface area contributed by atoms with Crippen molar-refractivity contribution in [1.82, 2.24) is 4.90 Å². The Labute approximate surface area is 101 Å². The van der Waals surface area contributed by atoms with Crippen LogP contribution in [0.25, 0.3) is 0 Å². The third-order valence-electron chi connectivity index (χ3n) is 2.90. The Kier molecular flexibility index (Phi) is 3.88.